The van der Waals surface area contributed by atoms with Crippen LogP contribution in [0.4, 0.5) is 0 Å². The predicted molar refractivity (Wildman–Crippen MR) is 87.4 cm³/mol. The Morgan fingerprint density at radius 3 is 2.50 bits per heavy atom. The SMILES string of the molecule is c1ccc2[nH]c(SSc3nc4ccccc4s3)nc2c1. The highest BCUT2D eigenvalue weighted by Gasteiger charge is 2.07. The first-order valence-electron chi connectivity index (χ1n) is 6.03. The molecule has 3 nitrogen and oxygen atoms in total. The van der Waals surface area contributed by atoms with Gasteiger partial charge in [-0.2, -0.15) is 0 Å². The average molecular weight is 315 g/mol. The third-order valence-corrected chi connectivity index (χ3v) is 6.35. The second-order valence-corrected chi connectivity index (χ2v) is 7.57. The maximum atomic E-state index is 4.60. The van der Waals surface area contributed by atoms with Crippen molar-refractivity contribution in [1.29, 1.82) is 0 Å². The molecule has 4 aromatic rings. The van der Waals surface area contributed by atoms with Gasteiger partial charge in [-0.3, -0.25) is 0 Å². The van der Waals surface area contributed by atoms with Gasteiger partial charge in [0.05, 0.1) is 21.3 Å². The normalized spacial score (nSPS) is 11.4. The third kappa shape index (κ3) is 2.30. The fourth-order valence-corrected chi connectivity index (χ4v) is 5.02. The van der Waals surface area contributed by atoms with Crippen LogP contribution in [0.1, 0.15) is 0 Å². The lowest BCUT2D eigenvalue weighted by molar-refractivity contribution is 1.09. The van der Waals surface area contributed by atoms with Crippen LogP contribution in [0.5, 0.6) is 0 Å². The highest BCUT2D eigenvalue weighted by atomic mass is 33.1. The number of para-hydroxylation sites is 3. The lowest BCUT2D eigenvalue weighted by Gasteiger charge is -1.91. The predicted octanol–water partition coefficient (Wildman–Crippen LogP) is 4.97. The minimum atomic E-state index is 0.912. The van der Waals surface area contributed by atoms with Crippen LogP contribution in [0.15, 0.2) is 58.0 Å². The van der Waals surface area contributed by atoms with Crippen LogP contribution in [-0.4, -0.2) is 15.0 Å². The molecule has 0 aliphatic rings. The Morgan fingerprint density at radius 2 is 1.65 bits per heavy atom. The number of imidazole rings is 1. The average Bonchev–Trinajstić information content (AvgIpc) is 3.07. The van der Waals surface area contributed by atoms with E-state index >= 15 is 0 Å². The molecule has 0 aliphatic carbocycles. The number of fused-ring (bicyclic) bond motifs is 2. The molecule has 0 fully saturated rings. The van der Waals surface area contributed by atoms with Gasteiger partial charge in [-0.1, -0.05) is 24.3 Å². The summed E-state index contributed by atoms with van der Waals surface area (Å²) in [4.78, 5) is 12.5. The van der Waals surface area contributed by atoms with E-state index in [1.807, 2.05) is 42.5 Å². The summed E-state index contributed by atoms with van der Waals surface area (Å²) < 4.78 is 2.27. The first-order chi connectivity index (χ1) is 9.88. The van der Waals surface area contributed by atoms with E-state index in [2.05, 4.69) is 21.0 Å². The van der Waals surface area contributed by atoms with Crippen LogP contribution in [0.2, 0.25) is 0 Å². The first-order valence-corrected chi connectivity index (χ1v) is 9.00. The van der Waals surface area contributed by atoms with Crippen molar-refractivity contribution >= 4 is 54.2 Å². The second-order valence-electron chi connectivity index (χ2n) is 4.17. The summed E-state index contributed by atoms with van der Waals surface area (Å²) in [6.07, 6.45) is 0. The standard InChI is InChI=1S/C14H9N3S3/c1-2-6-10-9(5-1)15-13(16-10)19-20-14-17-11-7-3-4-8-12(11)18-14/h1-8H,(H,15,16). The van der Waals surface area contributed by atoms with Gasteiger partial charge in [0.2, 0.25) is 0 Å². The van der Waals surface area contributed by atoms with Crippen molar-refractivity contribution in [2.45, 2.75) is 9.50 Å². The van der Waals surface area contributed by atoms with E-state index in [0.717, 1.165) is 26.0 Å². The van der Waals surface area contributed by atoms with Crippen molar-refractivity contribution in [2.75, 3.05) is 0 Å². The Kier molecular flexibility index (Phi) is 3.14. The van der Waals surface area contributed by atoms with Crippen LogP contribution >= 0.6 is 32.9 Å². The number of H-pyrrole nitrogens is 1. The van der Waals surface area contributed by atoms with Gasteiger partial charge >= 0.3 is 0 Å². The Bertz CT molecular complexity index is 741. The molecule has 0 unspecified atom stereocenters. The van der Waals surface area contributed by atoms with Crippen molar-refractivity contribution in [3.8, 4) is 0 Å². The number of nitrogens with one attached hydrogen (secondary N) is 1. The zero-order valence-electron chi connectivity index (χ0n) is 10.2. The quantitative estimate of drug-likeness (QED) is 0.542. The summed E-state index contributed by atoms with van der Waals surface area (Å²) in [5.74, 6) is 0. The van der Waals surface area contributed by atoms with Gasteiger partial charge in [0.25, 0.3) is 0 Å². The van der Waals surface area contributed by atoms with Crippen molar-refractivity contribution in [1.82, 2.24) is 15.0 Å². The molecule has 0 radical (unpaired) electrons. The largest absolute Gasteiger partial charge is 0.332 e. The molecule has 0 aliphatic heterocycles. The Labute approximate surface area is 127 Å². The molecule has 0 saturated heterocycles. The van der Waals surface area contributed by atoms with Gasteiger partial charge in [0.1, 0.15) is 0 Å². The summed E-state index contributed by atoms with van der Waals surface area (Å²) in [6.45, 7) is 0. The number of aromatic nitrogens is 3. The molecular weight excluding hydrogens is 306 g/mol. The maximum absolute atomic E-state index is 4.60. The van der Waals surface area contributed by atoms with Gasteiger partial charge in [0.15, 0.2) is 9.50 Å². The zero-order chi connectivity index (χ0) is 13.4. The number of benzene rings is 2. The van der Waals surface area contributed by atoms with Crippen LogP contribution in [0.3, 0.4) is 0 Å². The first kappa shape index (κ1) is 12.3. The number of hydrogen-bond donors (Lipinski definition) is 1. The number of rotatable bonds is 3. The molecule has 2 aromatic carbocycles. The van der Waals surface area contributed by atoms with Crippen molar-refractivity contribution < 1.29 is 0 Å². The van der Waals surface area contributed by atoms with Crippen molar-refractivity contribution in [3.63, 3.8) is 0 Å². The molecule has 4 rings (SSSR count). The Balaban J connectivity index is 1.57. The smallest absolute Gasteiger partial charge is 0.177 e. The third-order valence-electron chi connectivity index (χ3n) is 2.83. The lowest BCUT2D eigenvalue weighted by Crippen LogP contribution is -1.70. The minimum Gasteiger partial charge on any atom is -0.332 e. The van der Waals surface area contributed by atoms with Crippen LogP contribution in [0, 0.1) is 0 Å². The van der Waals surface area contributed by atoms with E-state index in [0.29, 0.717) is 0 Å². The Hall–Kier alpha value is -1.50. The molecule has 1 N–H and O–H groups in total. The topological polar surface area (TPSA) is 41.6 Å². The van der Waals surface area contributed by atoms with E-state index in [1.165, 1.54) is 4.70 Å². The van der Waals surface area contributed by atoms with Gasteiger partial charge in [-0.05, 0) is 45.9 Å². The van der Waals surface area contributed by atoms with Crippen LogP contribution in [0.25, 0.3) is 21.3 Å². The van der Waals surface area contributed by atoms with Gasteiger partial charge < -0.3 is 4.98 Å². The number of thiazole rings is 1. The summed E-state index contributed by atoms with van der Waals surface area (Å²) in [6, 6.07) is 16.3. The minimum absolute atomic E-state index is 0.912. The van der Waals surface area contributed by atoms with E-state index in [4.69, 9.17) is 0 Å². The fraction of sp³-hybridized carbons (Fsp3) is 0. The van der Waals surface area contributed by atoms with Gasteiger partial charge in [-0.15, -0.1) is 11.3 Å². The molecule has 2 heterocycles. The van der Waals surface area contributed by atoms with Crippen molar-refractivity contribution in [2.24, 2.45) is 0 Å². The molecular formula is C14H9N3S3. The summed E-state index contributed by atoms with van der Waals surface area (Å²) in [5, 5.41) is 0.912. The van der Waals surface area contributed by atoms with Crippen LogP contribution in [-0.2, 0) is 0 Å². The number of hydrogen-bond acceptors (Lipinski definition) is 5. The van der Waals surface area contributed by atoms with E-state index < -0.39 is 0 Å². The molecule has 20 heavy (non-hydrogen) atoms. The maximum Gasteiger partial charge on any atom is 0.177 e. The summed E-state index contributed by atoms with van der Waals surface area (Å²) in [7, 11) is 3.26. The zero-order valence-corrected chi connectivity index (χ0v) is 12.7. The highest BCUT2D eigenvalue weighted by molar-refractivity contribution is 8.77. The lowest BCUT2D eigenvalue weighted by atomic mass is 10.3. The van der Waals surface area contributed by atoms with E-state index in [9.17, 15) is 0 Å². The molecule has 2 aromatic heterocycles. The van der Waals surface area contributed by atoms with Crippen LogP contribution < -0.4 is 0 Å². The van der Waals surface area contributed by atoms with Crippen molar-refractivity contribution in [3.05, 3.63) is 48.5 Å². The Morgan fingerprint density at radius 1 is 0.850 bits per heavy atom. The van der Waals surface area contributed by atoms with E-state index in [-0.39, 0.29) is 0 Å². The molecule has 0 amide bonds. The molecule has 0 bridgehead atoms. The molecule has 0 spiro atoms. The molecule has 6 heteroatoms. The summed E-state index contributed by atoms with van der Waals surface area (Å²) >= 11 is 1.71. The van der Waals surface area contributed by atoms with Gasteiger partial charge in [0, 0.05) is 0 Å². The van der Waals surface area contributed by atoms with Gasteiger partial charge in [-0.25, -0.2) is 9.97 Å². The molecule has 98 valence electrons. The number of nitrogens with zero attached hydrogens (tertiary/aromatic N) is 2. The summed E-state index contributed by atoms with van der Waals surface area (Å²) in [5.41, 5.74) is 3.13. The number of aromatic amines is 1. The second kappa shape index (κ2) is 5.12. The fourth-order valence-electron chi connectivity index (χ4n) is 1.93. The molecule has 0 atom stereocenters. The van der Waals surface area contributed by atoms with E-state index in [1.54, 1.807) is 32.9 Å². The monoisotopic (exact) mass is 315 g/mol. The highest BCUT2D eigenvalue weighted by Crippen LogP contribution is 2.40. The molecule has 0 saturated carbocycles.